The molecule has 104 valence electrons. The summed E-state index contributed by atoms with van der Waals surface area (Å²) < 4.78 is 26.3. The second-order valence-electron chi connectivity index (χ2n) is 4.08. The number of carboxylic acid groups (broad SMARTS) is 1. The Kier molecular flexibility index (Phi) is 3.99. The second kappa shape index (κ2) is 5.70. The number of nitrogens with zero attached hydrogens (tertiary/aromatic N) is 1. The molecule has 1 aromatic heterocycles. The Bertz CT molecular complexity index is 714. The number of anilines is 1. The van der Waals surface area contributed by atoms with Crippen LogP contribution in [0.25, 0.3) is 0 Å². The van der Waals surface area contributed by atoms with Crippen LogP contribution in [-0.4, -0.2) is 24.5 Å². The number of carboxylic acids is 1. The van der Waals surface area contributed by atoms with Gasteiger partial charge >= 0.3 is 5.97 Å². The minimum Gasteiger partial charge on any atom is -0.477 e. The molecule has 6 nitrogen and oxygen atoms in total. The highest BCUT2D eigenvalue weighted by Gasteiger charge is 2.13. The lowest BCUT2D eigenvalue weighted by atomic mass is 10.2. The standard InChI is InChI=1S/C13H12N2O4S/c16-13(17)12-8-11(6-7-14-12)15-20(18,19)9-10-4-2-1-3-5-10/h1-8H,9H2,(H,14,15)(H,16,17). The number of aromatic carboxylic acids is 1. The van der Waals surface area contributed by atoms with Gasteiger partial charge in [0.2, 0.25) is 10.0 Å². The molecule has 0 saturated heterocycles. The molecular weight excluding hydrogens is 280 g/mol. The Labute approximate surface area is 116 Å². The first kappa shape index (κ1) is 14.0. The van der Waals surface area contributed by atoms with Crippen LogP contribution >= 0.6 is 0 Å². The lowest BCUT2D eigenvalue weighted by molar-refractivity contribution is 0.0690. The van der Waals surface area contributed by atoms with E-state index < -0.39 is 16.0 Å². The van der Waals surface area contributed by atoms with Gasteiger partial charge in [-0.3, -0.25) is 4.72 Å². The van der Waals surface area contributed by atoms with E-state index in [2.05, 4.69) is 9.71 Å². The Morgan fingerprint density at radius 2 is 1.90 bits per heavy atom. The first-order valence-corrected chi connectivity index (χ1v) is 7.35. The van der Waals surface area contributed by atoms with Crippen molar-refractivity contribution in [2.75, 3.05) is 4.72 Å². The van der Waals surface area contributed by atoms with E-state index in [1.54, 1.807) is 30.3 Å². The minimum atomic E-state index is -3.60. The fraction of sp³-hybridized carbons (Fsp3) is 0.0769. The molecule has 0 aliphatic rings. The third-order valence-corrected chi connectivity index (χ3v) is 3.71. The van der Waals surface area contributed by atoms with Crippen LogP contribution in [0.15, 0.2) is 48.7 Å². The molecular formula is C13H12N2O4S. The number of sulfonamides is 1. The van der Waals surface area contributed by atoms with Crippen molar-refractivity contribution in [1.82, 2.24) is 4.98 Å². The summed E-state index contributed by atoms with van der Waals surface area (Å²) in [5.41, 5.74) is 0.603. The summed E-state index contributed by atoms with van der Waals surface area (Å²) in [7, 11) is -3.60. The number of benzene rings is 1. The zero-order chi connectivity index (χ0) is 14.6. The average molecular weight is 292 g/mol. The van der Waals surface area contributed by atoms with E-state index in [0.29, 0.717) is 5.56 Å². The molecule has 0 aliphatic heterocycles. The first-order chi connectivity index (χ1) is 9.46. The highest BCUT2D eigenvalue weighted by Crippen LogP contribution is 2.13. The van der Waals surface area contributed by atoms with E-state index in [4.69, 9.17) is 5.11 Å². The number of nitrogens with one attached hydrogen (secondary N) is 1. The maximum atomic E-state index is 12.0. The van der Waals surface area contributed by atoms with Crippen LogP contribution in [0, 0.1) is 0 Å². The zero-order valence-electron chi connectivity index (χ0n) is 10.4. The van der Waals surface area contributed by atoms with Crippen molar-refractivity contribution >= 4 is 21.7 Å². The monoisotopic (exact) mass is 292 g/mol. The third-order valence-electron chi connectivity index (χ3n) is 2.45. The van der Waals surface area contributed by atoms with Gasteiger partial charge in [0.1, 0.15) is 5.69 Å². The van der Waals surface area contributed by atoms with Gasteiger partial charge in [-0.25, -0.2) is 18.2 Å². The quantitative estimate of drug-likeness (QED) is 0.874. The van der Waals surface area contributed by atoms with E-state index >= 15 is 0 Å². The summed E-state index contributed by atoms with van der Waals surface area (Å²) in [5.74, 6) is -1.40. The van der Waals surface area contributed by atoms with E-state index in [1.165, 1.54) is 18.3 Å². The van der Waals surface area contributed by atoms with Gasteiger partial charge in [-0.1, -0.05) is 30.3 Å². The molecule has 2 aromatic rings. The van der Waals surface area contributed by atoms with E-state index in [1.807, 2.05) is 0 Å². The van der Waals surface area contributed by atoms with Gasteiger partial charge in [0.25, 0.3) is 0 Å². The van der Waals surface area contributed by atoms with Gasteiger partial charge in [0.05, 0.1) is 11.4 Å². The van der Waals surface area contributed by atoms with Crippen molar-refractivity contribution in [3.05, 3.63) is 59.9 Å². The fourth-order valence-electron chi connectivity index (χ4n) is 1.62. The summed E-state index contributed by atoms with van der Waals surface area (Å²) in [4.78, 5) is 14.4. The highest BCUT2D eigenvalue weighted by molar-refractivity contribution is 7.91. The van der Waals surface area contributed by atoms with Gasteiger partial charge < -0.3 is 5.11 Å². The predicted octanol–water partition coefficient (Wildman–Crippen LogP) is 1.72. The molecule has 0 radical (unpaired) electrons. The molecule has 0 fully saturated rings. The molecule has 0 amide bonds. The molecule has 7 heteroatoms. The number of aromatic nitrogens is 1. The maximum Gasteiger partial charge on any atom is 0.354 e. The Morgan fingerprint density at radius 3 is 2.55 bits per heavy atom. The molecule has 20 heavy (non-hydrogen) atoms. The highest BCUT2D eigenvalue weighted by atomic mass is 32.2. The van der Waals surface area contributed by atoms with Gasteiger partial charge in [-0.05, 0) is 17.7 Å². The van der Waals surface area contributed by atoms with Gasteiger partial charge in [-0.2, -0.15) is 0 Å². The first-order valence-electron chi connectivity index (χ1n) is 5.70. The lowest BCUT2D eigenvalue weighted by Gasteiger charge is -2.08. The average Bonchev–Trinajstić information content (AvgIpc) is 2.39. The summed E-state index contributed by atoms with van der Waals surface area (Å²) in [6.07, 6.45) is 1.24. The molecule has 1 heterocycles. The SMILES string of the molecule is O=C(O)c1cc(NS(=O)(=O)Cc2ccccc2)ccn1. The van der Waals surface area contributed by atoms with Crippen LogP contribution in [0.4, 0.5) is 5.69 Å². The zero-order valence-corrected chi connectivity index (χ0v) is 11.2. The number of rotatable bonds is 5. The largest absolute Gasteiger partial charge is 0.477 e. The molecule has 1 aromatic carbocycles. The second-order valence-corrected chi connectivity index (χ2v) is 5.80. The Balaban J connectivity index is 2.16. The van der Waals surface area contributed by atoms with Crippen LogP contribution in [0.3, 0.4) is 0 Å². The Hall–Kier alpha value is -2.41. The molecule has 0 aliphatic carbocycles. The molecule has 0 bridgehead atoms. The van der Waals surface area contributed by atoms with Crippen molar-refractivity contribution in [3.8, 4) is 0 Å². The van der Waals surface area contributed by atoms with Crippen molar-refractivity contribution in [2.24, 2.45) is 0 Å². The molecule has 0 spiro atoms. The van der Waals surface area contributed by atoms with Crippen molar-refractivity contribution in [2.45, 2.75) is 5.75 Å². The lowest BCUT2D eigenvalue weighted by Crippen LogP contribution is -2.15. The number of hydrogen-bond donors (Lipinski definition) is 2. The van der Waals surface area contributed by atoms with E-state index in [-0.39, 0.29) is 17.1 Å². The van der Waals surface area contributed by atoms with Gasteiger partial charge in [0, 0.05) is 6.20 Å². The third kappa shape index (κ3) is 3.79. The number of pyridine rings is 1. The summed E-state index contributed by atoms with van der Waals surface area (Å²) in [6.45, 7) is 0. The smallest absolute Gasteiger partial charge is 0.354 e. The molecule has 0 saturated carbocycles. The van der Waals surface area contributed by atoms with Crippen molar-refractivity contribution in [3.63, 3.8) is 0 Å². The molecule has 2 rings (SSSR count). The van der Waals surface area contributed by atoms with Gasteiger partial charge in [0.15, 0.2) is 0 Å². The summed E-state index contributed by atoms with van der Waals surface area (Å²) in [6, 6.07) is 11.3. The van der Waals surface area contributed by atoms with Crippen molar-refractivity contribution < 1.29 is 18.3 Å². The molecule has 0 atom stereocenters. The van der Waals surface area contributed by atoms with Crippen molar-refractivity contribution in [1.29, 1.82) is 0 Å². The van der Waals surface area contributed by atoms with Crippen LogP contribution in [-0.2, 0) is 15.8 Å². The topological polar surface area (TPSA) is 96.4 Å². The predicted molar refractivity (Wildman–Crippen MR) is 73.9 cm³/mol. The van der Waals surface area contributed by atoms with E-state index in [0.717, 1.165) is 0 Å². The minimum absolute atomic E-state index is 0.174. The van der Waals surface area contributed by atoms with Gasteiger partial charge in [-0.15, -0.1) is 0 Å². The van der Waals surface area contributed by atoms with Crippen LogP contribution < -0.4 is 4.72 Å². The van der Waals surface area contributed by atoms with Crippen LogP contribution in [0.2, 0.25) is 0 Å². The van der Waals surface area contributed by atoms with Crippen LogP contribution in [0.1, 0.15) is 16.1 Å². The maximum absolute atomic E-state index is 12.0. The number of hydrogen-bond acceptors (Lipinski definition) is 4. The van der Waals surface area contributed by atoms with Crippen LogP contribution in [0.5, 0.6) is 0 Å². The summed E-state index contributed by atoms with van der Waals surface area (Å²) >= 11 is 0. The summed E-state index contributed by atoms with van der Waals surface area (Å²) in [5, 5.41) is 8.80. The molecule has 2 N–H and O–H groups in total. The fourth-order valence-corrected chi connectivity index (χ4v) is 2.81. The number of carbonyl (C=O) groups is 1. The normalized spacial score (nSPS) is 11.0. The Morgan fingerprint density at radius 1 is 1.20 bits per heavy atom. The van der Waals surface area contributed by atoms with E-state index in [9.17, 15) is 13.2 Å². The molecule has 0 unspecified atom stereocenters.